The normalized spacial score (nSPS) is 11.4. The van der Waals surface area contributed by atoms with Gasteiger partial charge in [-0.15, -0.1) is 10.2 Å². The number of hydrogen-bond acceptors (Lipinski definition) is 5. The minimum Gasteiger partial charge on any atom is -0.378 e. The molecule has 0 unspecified atom stereocenters. The lowest BCUT2D eigenvalue weighted by atomic mass is 10.2. The minimum absolute atomic E-state index is 0.0185. The average molecular weight is 484 g/mol. The maximum atomic E-state index is 12.8. The van der Waals surface area contributed by atoms with Crippen LogP contribution >= 0.6 is 23.4 Å². The van der Waals surface area contributed by atoms with Gasteiger partial charge in [0.2, 0.25) is 5.91 Å². The number of benzene rings is 2. The van der Waals surface area contributed by atoms with Crippen molar-refractivity contribution in [1.82, 2.24) is 14.8 Å². The summed E-state index contributed by atoms with van der Waals surface area (Å²) in [4.78, 5) is 12.2. The van der Waals surface area contributed by atoms with Crippen molar-refractivity contribution in [2.24, 2.45) is 0 Å². The number of hydrogen-bond donors (Lipinski definition) is 2. The molecule has 2 N–H and O–H groups in total. The number of nitrogens with one attached hydrogen (secondary N) is 2. The molecule has 3 aromatic rings. The lowest BCUT2D eigenvalue weighted by Gasteiger charge is -2.11. The van der Waals surface area contributed by atoms with Gasteiger partial charge >= 0.3 is 6.18 Å². The largest absolute Gasteiger partial charge is 0.416 e. The van der Waals surface area contributed by atoms with Gasteiger partial charge in [0.15, 0.2) is 11.0 Å². The monoisotopic (exact) mass is 483 g/mol. The molecule has 0 aliphatic rings. The highest BCUT2D eigenvalue weighted by molar-refractivity contribution is 7.99. The zero-order chi connectivity index (χ0) is 23.3. The molecule has 3 rings (SSSR count). The summed E-state index contributed by atoms with van der Waals surface area (Å²) in [6.45, 7) is 4.86. The number of alkyl halides is 3. The zero-order valence-corrected chi connectivity index (χ0v) is 18.9. The van der Waals surface area contributed by atoms with Crippen LogP contribution in [0, 0.1) is 6.92 Å². The number of aryl methyl sites for hydroxylation is 1. The zero-order valence-electron chi connectivity index (χ0n) is 17.3. The number of carbonyl (C=O) groups is 1. The smallest absolute Gasteiger partial charge is 0.378 e. The number of carbonyl (C=O) groups excluding carboxylic acids is 1. The van der Waals surface area contributed by atoms with E-state index in [1.54, 1.807) is 0 Å². The number of aromatic nitrogens is 3. The summed E-state index contributed by atoms with van der Waals surface area (Å²) in [5.74, 6) is 0.231. The van der Waals surface area contributed by atoms with Gasteiger partial charge in [-0.3, -0.25) is 4.79 Å². The summed E-state index contributed by atoms with van der Waals surface area (Å²) < 4.78 is 40.3. The molecule has 1 heterocycles. The van der Waals surface area contributed by atoms with Crippen LogP contribution in [-0.2, 0) is 24.1 Å². The SMILES string of the molecule is CCn1c(CNc2ccc(C)c(Cl)c2)nnc1SCC(=O)Nc1cccc(C(F)(F)F)c1. The lowest BCUT2D eigenvalue weighted by Crippen LogP contribution is -2.15. The van der Waals surface area contributed by atoms with Crippen molar-refractivity contribution in [2.75, 3.05) is 16.4 Å². The molecule has 0 aliphatic carbocycles. The molecule has 32 heavy (non-hydrogen) atoms. The fourth-order valence-corrected chi connectivity index (χ4v) is 3.86. The van der Waals surface area contributed by atoms with Gasteiger partial charge in [-0.05, 0) is 49.7 Å². The van der Waals surface area contributed by atoms with Crippen LogP contribution in [0.5, 0.6) is 0 Å². The molecular formula is C21H21ClF3N5OS. The van der Waals surface area contributed by atoms with Crippen LogP contribution in [-0.4, -0.2) is 26.4 Å². The number of amides is 1. The van der Waals surface area contributed by atoms with Crippen LogP contribution in [0.4, 0.5) is 24.5 Å². The van der Waals surface area contributed by atoms with Crippen molar-refractivity contribution in [2.45, 2.75) is 38.3 Å². The topological polar surface area (TPSA) is 71.8 Å². The average Bonchev–Trinajstić information content (AvgIpc) is 3.14. The first-order chi connectivity index (χ1) is 15.2. The lowest BCUT2D eigenvalue weighted by molar-refractivity contribution is -0.137. The van der Waals surface area contributed by atoms with Crippen LogP contribution in [0.3, 0.4) is 0 Å². The van der Waals surface area contributed by atoms with Crippen LogP contribution in [0.2, 0.25) is 5.02 Å². The molecule has 1 aromatic heterocycles. The van der Waals surface area contributed by atoms with Crippen molar-refractivity contribution in [1.29, 1.82) is 0 Å². The van der Waals surface area contributed by atoms with E-state index in [0.29, 0.717) is 29.1 Å². The molecule has 0 aliphatic heterocycles. The molecule has 0 atom stereocenters. The molecule has 11 heteroatoms. The Kier molecular flexibility index (Phi) is 7.68. The Morgan fingerprint density at radius 2 is 1.94 bits per heavy atom. The van der Waals surface area contributed by atoms with E-state index in [4.69, 9.17) is 11.6 Å². The molecule has 0 saturated heterocycles. The molecule has 1 amide bonds. The molecule has 0 fully saturated rings. The molecule has 0 bridgehead atoms. The molecule has 170 valence electrons. The number of anilines is 2. The number of rotatable bonds is 8. The Morgan fingerprint density at radius 1 is 1.16 bits per heavy atom. The highest BCUT2D eigenvalue weighted by atomic mass is 35.5. The maximum Gasteiger partial charge on any atom is 0.416 e. The van der Waals surface area contributed by atoms with E-state index in [0.717, 1.165) is 35.1 Å². The Labute approximate surface area is 192 Å². The van der Waals surface area contributed by atoms with Crippen molar-refractivity contribution < 1.29 is 18.0 Å². The number of thioether (sulfide) groups is 1. The quantitative estimate of drug-likeness (QED) is 0.407. The second-order valence-electron chi connectivity index (χ2n) is 6.88. The predicted octanol–water partition coefficient (Wildman–Crippen LogP) is 5.62. The third-order valence-corrected chi connectivity index (χ3v) is 5.91. The van der Waals surface area contributed by atoms with E-state index < -0.39 is 17.6 Å². The van der Waals surface area contributed by atoms with E-state index in [1.165, 1.54) is 12.1 Å². The van der Waals surface area contributed by atoms with Crippen molar-refractivity contribution in [3.8, 4) is 0 Å². The maximum absolute atomic E-state index is 12.8. The van der Waals surface area contributed by atoms with E-state index in [2.05, 4.69) is 20.8 Å². The van der Waals surface area contributed by atoms with E-state index in [-0.39, 0.29) is 11.4 Å². The van der Waals surface area contributed by atoms with Gasteiger partial charge < -0.3 is 15.2 Å². The minimum atomic E-state index is -4.47. The van der Waals surface area contributed by atoms with Crippen molar-refractivity contribution in [3.05, 3.63) is 64.4 Å². The van der Waals surface area contributed by atoms with E-state index in [1.807, 2.05) is 36.6 Å². The first-order valence-electron chi connectivity index (χ1n) is 9.69. The second kappa shape index (κ2) is 10.3. The third-order valence-electron chi connectivity index (χ3n) is 4.54. The highest BCUT2D eigenvalue weighted by Gasteiger charge is 2.30. The molecule has 2 aromatic carbocycles. The van der Waals surface area contributed by atoms with Gasteiger partial charge in [0.1, 0.15) is 0 Å². The second-order valence-corrected chi connectivity index (χ2v) is 8.23. The van der Waals surface area contributed by atoms with Crippen molar-refractivity contribution >= 4 is 40.6 Å². The summed E-state index contributed by atoms with van der Waals surface area (Å²) in [5.41, 5.74) is 1.10. The summed E-state index contributed by atoms with van der Waals surface area (Å²) >= 11 is 7.31. The van der Waals surface area contributed by atoms with Gasteiger partial charge in [-0.25, -0.2) is 0 Å². The van der Waals surface area contributed by atoms with Gasteiger partial charge in [-0.2, -0.15) is 13.2 Å². The fourth-order valence-electron chi connectivity index (χ4n) is 2.86. The van der Waals surface area contributed by atoms with Gasteiger partial charge in [0.05, 0.1) is 17.9 Å². The molecular weight excluding hydrogens is 463 g/mol. The third kappa shape index (κ3) is 6.17. The van der Waals surface area contributed by atoms with E-state index in [9.17, 15) is 18.0 Å². The summed E-state index contributed by atoms with van der Waals surface area (Å²) in [5, 5.41) is 15.3. The standard InChI is InChI=1S/C21H21ClF3N5OS/c1-3-30-18(11-26-15-8-7-13(2)17(22)10-15)28-29-20(30)32-12-19(31)27-16-6-4-5-14(9-16)21(23,24)25/h4-10,26H,3,11-12H2,1-2H3,(H,27,31). The Bertz CT molecular complexity index is 1100. The Hall–Kier alpha value is -2.72. The van der Waals surface area contributed by atoms with Crippen LogP contribution in [0.15, 0.2) is 47.6 Å². The molecule has 6 nitrogen and oxygen atoms in total. The van der Waals surface area contributed by atoms with Gasteiger partial charge in [0.25, 0.3) is 0 Å². The predicted molar refractivity (Wildman–Crippen MR) is 120 cm³/mol. The van der Waals surface area contributed by atoms with Crippen LogP contribution in [0.25, 0.3) is 0 Å². The fraction of sp³-hybridized carbons (Fsp3) is 0.286. The van der Waals surface area contributed by atoms with Crippen molar-refractivity contribution in [3.63, 3.8) is 0 Å². The summed E-state index contributed by atoms with van der Waals surface area (Å²) in [7, 11) is 0. The molecule has 0 radical (unpaired) electrons. The van der Waals surface area contributed by atoms with Crippen LogP contribution < -0.4 is 10.6 Å². The Morgan fingerprint density at radius 3 is 2.62 bits per heavy atom. The van der Waals surface area contributed by atoms with E-state index >= 15 is 0 Å². The highest BCUT2D eigenvalue weighted by Crippen LogP contribution is 2.30. The molecule has 0 saturated carbocycles. The summed E-state index contributed by atoms with van der Waals surface area (Å²) in [6, 6.07) is 10.2. The first kappa shape index (κ1) is 23.9. The molecule has 0 spiro atoms. The summed E-state index contributed by atoms with van der Waals surface area (Å²) in [6.07, 6.45) is -4.47. The van der Waals surface area contributed by atoms with Gasteiger partial charge in [0, 0.05) is 22.9 Å². The Balaban J connectivity index is 1.59. The van der Waals surface area contributed by atoms with Gasteiger partial charge in [-0.1, -0.05) is 35.5 Å². The number of halogens is 4. The van der Waals surface area contributed by atoms with Crippen LogP contribution in [0.1, 0.15) is 23.9 Å². The number of nitrogens with zero attached hydrogens (tertiary/aromatic N) is 3. The first-order valence-corrected chi connectivity index (χ1v) is 11.1.